The van der Waals surface area contributed by atoms with E-state index in [1.807, 2.05) is 6.92 Å². The minimum absolute atomic E-state index is 0.00513. The molecule has 7 heteroatoms. The summed E-state index contributed by atoms with van der Waals surface area (Å²) in [5, 5.41) is 2.71. The number of benzene rings is 1. The summed E-state index contributed by atoms with van der Waals surface area (Å²) in [5.74, 6) is -1.13. The Morgan fingerprint density at radius 2 is 1.93 bits per heavy atom. The summed E-state index contributed by atoms with van der Waals surface area (Å²) in [6.45, 7) is 7.16. The van der Waals surface area contributed by atoms with Crippen LogP contribution in [0.2, 0.25) is 0 Å². The maximum Gasteiger partial charge on any atom is 0.412 e. The zero-order valence-corrected chi connectivity index (χ0v) is 17.6. The highest BCUT2D eigenvalue weighted by Gasteiger charge is 2.32. The quantitative estimate of drug-likeness (QED) is 0.682. The van der Waals surface area contributed by atoms with Crippen LogP contribution in [0.5, 0.6) is 0 Å². The molecule has 1 saturated carbocycles. The van der Waals surface area contributed by atoms with Crippen LogP contribution in [0.25, 0.3) is 11.1 Å². The van der Waals surface area contributed by atoms with Gasteiger partial charge in [-0.3, -0.25) is 15.1 Å². The first-order chi connectivity index (χ1) is 14.0. The number of nitrogens with zero attached hydrogens (tertiary/aromatic N) is 1. The Bertz CT molecular complexity index is 969. The van der Waals surface area contributed by atoms with E-state index in [4.69, 9.17) is 4.74 Å². The summed E-state index contributed by atoms with van der Waals surface area (Å²) in [6, 6.07) is 4.70. The van der Waals surface area contributed by atoms with Crippen LogP contribution in [0.15, 0.2) is 30.5 Å². The number of Topliss-reactive ketones (excluding diaryl/α,β-unsaturated/α-hetero) is 1. The molecule has 1 fully saturated rings. The lowest BCUT2D eigenvalue weighted by molar-refractivity contribution is -0.121. The normalized spacial score (nSPS) is 19.5. The van der Waals surface area contributed by atoms with Crippen LogP contribution >= 0.6 is 0 Å². The Morgan fingerprint density at radius 1 is 1.20 bits per heavy atom. The Balaban J connectivity index is 2.11. The molecule has 2 atom stereocenters. The molecular formula is C23H26F2N2O3. The highest BCUT2D eigenvalue weighted by Crippen LogP contribution is 2.42. The summed E-state index contributed by atoms with van der Waals surface area (Å²) in [6.07, 6.45) is 2.20. The van der Waals surface area contributed by atoms with Gasteiger partial charge in [-0.25, -0.2) is 13.6 Å². The topological polar surface area (TPSA) is 68.3 Å². The first kappa shape index (κ1) is 21.9. The Hall–Kier alpha value is -2.83. The van der Waals surface area contributed by atoms with Crippen LogP contribution in [0.4, 0.5) is 19.3 Å². The van der Waals surface area contributed by atoms with E-state index in [0.717, 1.165) is 18.2 Å². The fourth-order valence-corrected chi connectivity index (χ4v) is 3.84. The van der Waals surface area contributed by atoms with E-state index in [1.54, 1.807) is 20.8 Å². The van der Waals surface area contributed by atoms with Crippen LogP contribution in [-0.2, 0) is 9.53 Å². The molecule has 1 heterocycles. The number of aromatic nitrogens is 1. The molecule has 5 nitrogen and oxygen atoms in total. The Kier molecular flexibility index (Phi) is 6.19. The fraction of sp³-hybridized carbons (Fsp3) is 0.435. The van der Waals surface area contributed by atoms with Crippen LogP contribution in [0, 0.1) is 17.6 Å². The van der Waals surface area contributed by atoms with Gasteiger partial charge in [0.1, 0.15) is 23.0 Å². The number of ketones is 1. The fourth-order valence-electron chi connectivity index (χ4n) is 3.84. The number of ether oxygens (including phenoxy) is 1. The summed E-state index contributed by atoms with van der Waals surface area (Å²) >= 11 is 0. The SMILES string of the molecule is C[C@@H]1CC(=O)CC[C@H]1c1nccc(-c2cc(F)ccc2F)c1NC(=O)OC(C)(C)C. The number of rotatable bonds is 3. The highest BCUT2D eigenvalue weighted by molar-refractivity contribution is 5.93. The largest absolute Gasteiger partial charge is 0.444 e. The van der Waals surface area contributed by atoms with E-state index in [2.05, 4.69) is 10.3 Å². The van der Waals surface area contributed by atoms with Crippen molar-refractivity contribution in [2.24, 2.45) is 5.92 Å². The molecule has 1 aromatic heterocycles. The molecule has 30 heavy (non-hydrogen) atoms. The average Bonchev–Trinajstić information content (AvgIpc) is 2.63. The first-order valence-corrected chi connectivity index (χ1v) is 10.0. The second-order valence-electron chi connectivity index (χ2n) is 8.74. The van der Waals surface area contributed by atoms with Crippen molar-refractivity contribution < 1.29 is 23.1 Å². The van der Waals surface area contributed by atoms with E-state index in [-0.39, 0.29) is 28.9 Å². The molecule has 0 radical (unpaired) electrons. The molecule has 1 aliphatic rings. The Labute approximate surface area is 174 Å². The Morgan fingerprint density at radius 3 is 2.60 bits per heavy atom. The molecule has 3 rings (SSSR count). The predicted molar refractivity (Wildman–Crippen MR) is 110 cm³/mol. The standard InChI is InChI=1S/C23H26F2N2O3/c1-13-11-15(28)6-7-16(13)20-21(27-22(29)30-23(2,3)4)17(9-10-26-20)18-12-14(24)5-8-19(18)25/h5,8-10,12-13,16H,6-7,11H2,1-4H3,(H,27,29)/t13-,16-/m1/s1. The number of hydrogen-bond acceptors (Lipinski definition) is 4. The molecule has 1 aromatic carbocycles. The van der Waals surface area contributed by atoms with Gasteiger partial charge in [0.15, 0.2) is 0 Å². The smallest absolute Gasteiger partial charge is 0.412 e. The zero-order valence-electron chi connectivity index (χ0n) is 17.6. The number of anilines is 1. The highest BCUT2D eigenvalue weighted by atomic mass is 19.1. The van der Waals surface area contributed by atoms with E-state index >= 15 is 0 Å². The number of halogens is 2. The summed E-state index contributed by atoms with van der Waals surface area (Å²) in [5.41, 5.74) is 0.419. The molecule has 0 spiro atoms. The van der Waals surface area contributed by atoms with Crippen LogP contribution in [0.1, 0.15) is 58.6 Å². The molecule has 0 bridgehead atoms. The monoisotopic (exact) mass is 416 g/mol. The number of pyridine rings is 1. The minimum atomic E-state index is -0.735. The van der Waals surface area contributed by atoms with Crippen molar-refractivity contribution in [2.45, 2.75) is 58.5 Å². The van der Waals surface area contributed by atoms with Crippen LogP contribution in [0.3, 0.4) is 0 Å². The lowest BCUT2D eigenvalue weighted by Crippen LogP contribution is -2.29. The van der Waals surface area contributed by atoms with Crippen molar-refractivity contribution in [3.8, 4) is 11.1 Å². The molecule has 2 aromatic rings. The summed E-state index contributed by atoms with van der Waals surface area (Å²) < 4.78 is 33.8. The van der Waals surface area contributed by atoms with Crippen molar-refractivity contribution in [1.29, 1.82) is 0 Å². The number of carbonyl (C=O) groups excluding carboxylic acids is 2. The molecule has 1 amide bonds. The van der Waals surface area contributed by atoms with Gasteiger partial charge in [-0.2, -0.15) is 0 Å². The van der Waals surface area contributed by atoms with Gasteiger partial charge in [0.25, 0.3) is 0 Å². The minimum Gasteiger partial charge on any atom is -0.444 e. The molecule has 1 aliphatic carbocycles. The number of hydrogen-bond donors (Lipinski definition) is 1. The third-order valence-corrected chi connectivity index (χ3v) is 5.15. The maximum absolute atomic E-state index is 14.6. The van der Waals surface area contributed by atoms with Gasteiger partial charge in [0.2, 0.25) is 0 Å². The number of carbonyl (C=O) groups is 2. The van der Waals surface area contributed by atoms with Gasteiger partial charge in [0.05, 0.1) is 11.4 Å². The van der Waals surface area contributed by atoms with E-state index in [1.165, 1.54) is 12.3 Å². The van der Waals surface area contributed by atoms with Crippen molar-refractivity contribution in [1.82, 2.24) is 4.98 Å². The van der Waals surface area contributed by atoms with Crippen molar-refractivity contribution in [3.63, 3.8) is 0 Å². The van der Waals surface area contributed by atoms with Gasteiger partial charge in [-0.1, -0.05) is 6.92 Å². The molecule has 0 unspecified atom stereocenters. The number of amides is 1. The third-order valence-electron chi connectivity index (χ3n) is 5.15. The molecule has 0 aliphatic heterocycles. The second kappa shape index (κ2) is 8.50. The maximum atomic E-state index is 14.6. The molecule has 1 N–H and O–H groups in total. The lowest BCUT2D eigenvalue weighted by Gasteiger charge is -2.30. The summed E-state index contributed by atoms with van der Waals surface area (Å²) in [7, 11) is 0. The first-order valence-electron chi connectivity index (χ1n) is 10.0. The van der Waals surface area contributed by atoms with E-state index in [9.17, 15) is 18.4 Å². The second-order valence-corrected chi connectivity index (χ2v) is 8.74. The van der Waals surface area contributed by atoms with Crippen molar-refractivity contribution >= 4 is 17.6 Å². The summed E-state index contributed by atoms with van der Waals surface area (Å²) in [4.78, 5) is 28.9. The van der Waals surface area contributed by atoms with E-state index in [0.29, 0.717) is 30.5 Å². The van der Waals surface area contributed by atoms with Gasteiger partial charge >= 0.3 is 6.09 Å². The van der Waals surface area contributed by atoms with Crippen LogP contribution in [-0.4, -0.2) is 22.5 Å². The van der Waals surface area contributed by atoms with Gasteiger partial charge in [0, 0.05) is 36.1 Å². The molecule has 0 saturated heterocycles. The molecule has 160 valence electrons. The van der Waals surface area contributed by atoms with E-state index < -0.39 is 23.3 Å². The van der Waals surface area contributed by atoms with Gasteiger partial charge in [-0.05, 0) is 57.4 Å². The van der Waals surface area contributed by atoms with Crippen molar-refractivity contribution in [2.75, 3.05) is 5.32 Å². The van der Waals surface area contributed by atoms with Crippen molar-refractivity contribution in [3.05, 3.63) is 47.8 Å². The lowest BCUT2D eigenvalue weighted by atomic mass is 9.77. The average molecular weight is 416 g/mol. The zero-order chi connectivity index (χ0) is 22.1. The third kappa shape index (κ3) is 5.01. The number of nitrogens with one attached hydrogen (secondary N) is 1. The van der Waals surface area contributed by atoms with Gasteiger partial charge in [-0.15, -0.1) is 0 Å². The van der Waals surface area contributed by atoms with Gasteiger partial charge < -0.3 is 4.74 Å². The van der Waals surface area contributed by atoms with Crippen LogP contribution < -0.4 is 5.32 Å². The predicted octanol–water partition coefficient (Wildman–Crippen LogP) is 5.85. The molecular weight excluding hydrogens is 390 g/mol.